The van der Waals surface area contributed by atoms with Gasteiger partial charge in [0.15, 0.2) is 18.0 Å². The van der Waals surface area contributed by atoms with E-state index in [1.165, 1.54) is 19.9 Å². The van der Waals surface area contributed by atoms with Gasteiger partial charge in [-0.3, -0.25) is 14.4 Å². The fourth-order valence-corrected chi connectivity index (χ4v) is 4.55. The molecule has 0 spiro atoms. The van der Waals surface area contributed by atoms with E-state index in [0.717, 1.165) is 5.56 Å². The molecular formula is C28H36O9. The van der Waals surface area contributed by atoms with Crippen LogP contribution in [0.1, 0.15) is 39.2 Å². The van der Waals surface area contributed by atoms with Gasteiger partial charge < -0.3 is 28.8 Å². The predicted octanol–water partition coefficient (Wildman–Crippen LogP) is 2.69. The number of hydrogen-bond donors (Lipinski definition) is 1. The fraction of sp³-hybridized carbons (Fsp3) is 0.536. The van der Waals surface area contributed by atoms with Gasteiger partial charge in [-0.25, -0.2) is 0 Å². The van der Waals surface area contributed by atoms with Crippen LogP contribution in [0.2, 0.25) is 0 Å². The Bertz CT molecular complexity index is 960. The Kier molecular flexibility index (Phi) is 10.6. The van der Waals surface area contributed by atoms with Crippen LogP contribution in [0.4, 0.5) is 0 Å². The second kappa shape index (κ2) is 13.6. The molecule has 9 nitrogen and oxygen atoms in total. The molecule has 1 N–H and O–H groups in total. The Morgan fingerprint density at radius 2 is 1.89 bits per heavy atom. The van der Waals surface area contributed by atoms with E-state index in [1.807, 2.05) is 37.3 Å². The minimum Gasteiger partial charge on any atom is -0.466 e. The molecule has 9 heteroatoms. The number of ether oxygens (including phenoxy) is 5. The zero-order chi connectivity index (χ0) is 26.9. The van der Waals surface area contributed by atoms with Crippen molar-refractivity contribution in [1.82, 2.24) is 0 Å². The largest absolute Gasteiger partial charge is 0.466 e. The molecule has 0 saturated carbocycles. The molecule has 0 bridgehead atoms. The molecule has 2 aliphatic rings. The van der Waals surface area contributed by atoms with Crippen molar-refractivity contribution in [3.8, 4) is 0 Å². The van der Waals surface area contributed by atoms with Gasteiger partial charge in [0.05, 0.1) is 25.4 Å². The van der Waals surface area contributed by atoms with Gasteiger partial charge in [-0.1, -0.05) is 49.4 Å². The molecular weight excluding hydrogens is 480 g/mol. The van der Waals surface area contributed by atoms with Gasteiger partial charge in [-0.15, -0.1) is 6.58 Å². The number of rotatable bonds is 12. The summed E-state index contributed by atoms with van der Waals surface area (Å²) in [6.07, 6.45) is -0.971. The zero-order valence-corrected chi connectivity index (χ0v) is 21.5. The quantitative estimate of drug-likeness (QED) is 0.330. The van der Waals surface area contributed by atoms with E-state index in [0.29, 0.717) is 12.8 Å². The van der Waals surface area contributed by atoms with Crippen molar-refractivity contribution in [2.75, 3.05) is 6.61 Å². The molecule has 0 radical (unpaired) electrons. The molecule has 1 aromatic rings. The topological polar surface area (TPSA) is 118 Å². The number of ketones is 1. The van der Waals surface area contributed by atoms with Crippen LogP contribution in [0.3, 0.4) is 0 Å². The van der Waals surface area contributed by atoms with Gasteiger partial charge in [0.2, 0.25) is 0 Å². The first-order valence-electron chi connectivity index (χ1n) is 12.5. The summed E-state index contributed by atoms with van der Waals surface area (Å²) >= 11 is 0. The lowest BCUT2D eigenvalue weighted by molar-refractivity contribution is -0.182. The first-order chi connectivity index (χ1) is 17.7. The second-order valence-corrected chi connectivity index (χ2v) is 9.49. The van der Waals surface area contributed by atoms with Crippen molar-refractivity contribution in [3.05, 3.63) is 60.7 Å². The standard InChI is InChI=1S/C28H36O9/c1-5-9-21-12-13-22(31)25(36-21)28(35-19(4)30)27-24(32)26(34-16-20-10-7-6-8-11-20)23(37-27)14-17(2)15-33-18(3)29/h5-8,10-13,17,21,23-28,32H,1,9,14-16H2,2-4H3/t17?,21-,23?,24?,25?,26?,27?,28-/m1/s1. The summed E-state index contributed by atoms with van der Waals surface area (Å²) in [5, 5.41) is 11.4. The molecule has 6 unspecified atom stereocenters. The van der Waals surface area contributed by atoms with Crippen LogP contribution in [0, 0.1) is 5.92 Å². The van der Waals surface area contributed by atoms with Crippen LogP contribution in [-0.4, -0.2) is 72.2 Å². The van der Waals surface area contributed by atoms with Crippen molar-refractivity contribution in [2.45, 2.75) is 82.9 Å². The monoisotopic (exact) mass is 516 g/mol. The number of carbonyl (C=O) groups excluding carboxylic acids is 3. The Morgan fingerprint density at radius 3 is 2.54 bits per heavy atom. The minimum atomic E-state index is -1.22. The zero-order valence-electron chi connectivity index (χ0n) is 21.5. The van der Waals surface area contributed by atoms with Crippen LogP contribution in [-0.2, 0) is 44.7 Å². The number of carbonyl (C=O) groups is 3. The number of hydrogen-bond acceptors (Lipinski definition) is 9. The molecule has 2 heterocycles. The molecule has 202 valence electrons. The Hall–Kier alpha value is -2.85. The second-order valence-electron chi connectivity index (χ2n) is 9.49. The first kappa shape index (κ1) is 28.7. The SMILES string of the molecule is C=CC[C@@H]1C=CC(=O)C([C@@H](OC(C)=O)C2OC(CC(C)COC(C)=O)C(OCc3ccccc3)C2O)O1. The highest BCUT2D eigenvalue weighted by molar-refractivity contribution is 5.95. The smallest absolute Gasteiger partial charge is 0.303 e. The number of esters is 2. The maximum atomic E-state index is 12.8. The van der Waals surface area contributed by atoms with E-state index in [2.05, 4.69) is 6.58 Å². The Labute approximate surface area is 217 Å². The maximum Gasteiger partial charge on any atom is 0.303 e. The van der Waals surface area contributed by atoms with E-state index < -0.39 is 54.5 Å². The molecule has 0 aliphatic carbocycles. The van der Waals surface area contributed by atoms with Crippen molar-refractivity contribution >= 4 is 17.7 Å². The summed E-state index contributed by atoms with van der Waals surface area (Å²) in [6.45, 7) is 8.54. The van der Waals surface area contributed by atoms with Crippen molar-refractivity contribution in [2.24, 2.45) is 5.92 Å². The highest BCUT2D eigenvalue weighted by atomic mass is 16.6. The maximum absolute atomic E-state index is 12.8. The van der Waals surface area contributed by atoms with Gasteiger partial charge in [0.1, 0.15) is 18.3 Å². The van der Waals surface area contributed by atoms with E-state index >= 15 is 0 Å². The van der Waals surface area contributed by atoms with E-state index in [-0.39, 0.29) is 25.1 Å². The number of aliphatic hydroxyl groups excluding tert-OH is 1. The third-order valence-corrected chi connectivity index (χ3v) is 6.26. The molecule has 0 amide bonds. The summed E-state index contributed by atoms with van der Waals surface area (Å²) in [7, 11) is 0. The van der Waals surface area contributed by atoms with E-state index in [9.17, 15) is 19.5 Å². The van der Waals surface area contributed by atoms with Gasteiger partial charge in [0, 0.05) is 13.8 Å². The molecule has 37 heavy (non-hydrogen) atoms. The van der Waals surface area contributed by atoms with Crippen molar-refractivity contribution in [1.29, 1.82) is 0 Å². The van der Waals surface area contributed by atoms with Gasteiger partial charge in [0.25, 0.3) is 0 Å². The molecule has 2 aliphatic heterocycles. The molecule has 8 atom stereocenters. The average Bonchev–Trinajstić information content (AvgIpc) is 3.16. The normalized spacial score (nSPS) is 28.9. The Balaban J connectivity index is 1.83. The lowest BCUT2D eigenvalue weighted by Crippen LogP contribution is -2.52. The molecule has 3 rings (SSSR count). The summed E-state index contributed by atoms with van der Waals surface area (Å²) in [4.78, 5) is 36.1. The van der Waals surface area contributed by atoms with Crippen molar-refractivity contribution < 1.29 is 43.2 Å². The highest BCUT2D eigenvalue weighted by Gasteiger charge is 2.53. The minimum absolute atomic E-state index is 0.109. The lowest BCUT2D eigenvalue weighted by atomic mass is 9.94. The van der Waals surface area contributed by atoms with Crippen LogP contribution >= 0.6 is 0 Å². The van der Waals surface area contributed by atoms with Crippen LogP contribution in [0.15, 0.2) is 55.1 Å². The predicted molar refractivity (Wildman–Crippen MR) is 133 cm³/mol. The molecule has 1 saturated heterocycles. The average molecular weight is 517 g/mol. The number of aliphatic hydroxyl groups is 1. The Morgan fingerprint density at radius 1 is 1.16 bits per heavy atom. The van der Waals surface area contributed by atoms with Crippen LogP contribution in [0.25, 0.3) is 0 Å². The molecule has 1 aromatic carbocycles. The third-order valence-electron chi connectivity index (χ3n) is 6.26. The summed E-state index contributed by atoms with van der Waals surface area (Å²) in [6, 6.07) is 9.47. The fourth-order valence-electron chi connectivity index (χ4n) is 4.55. The summed E-state index contributed by atoms with van der Waals surface area (Å²) < 4.78 is 29.0. The highest BCUT2D eigenvalue weighted by Crippen LogP contribution is 2.34. The lowest BCUT2D eigenvalue weighted by Gasteiger charge is -2.34. The van der Waals surface area contributed by atoms with Gasteiger partial charge in [-0.2, -0.15) is 0 Å². The van der Waals surface area contributed by atoms with E-state index in [4.69, 9.17) is 23.7 Å². The number of benzene rings is 1. The summed E-state index contributed by atoms with van der Waals surface area (Å²) in [5.41, 5.74) is 0.907. The van der Waals surface area contributed by atoms with Gasteiger partial charge in [-0.05, 0) is 30.4 Å². The summed E-state index contributed by atoms with van der Waals surface area (Å²) in [5.74, 6) is -1.53. The first-order valence-corrected chi connectivity index (χ1v) is 12.5. The van der Waals surface area contributed by atoms with Crippen LogP contribution in [0.5, 0.6) is 0 Å². The molecule has 1 fully saturated rings. The molecule has 0 aromatic heterocycles. The van der Waals surface area contributed by atoms with Crippen LogP contribution < -0.4 is 0 Å². The third kappa shape index (κ3) is 8.07. The van der Waals surface area contributed by atoms with E-state index in [1.54, 1.807) is 12.2 Å². The van der Waals surface area contributed by atoms with Gasteiger partial charge >= 0.3 is 11.9 Å². The van der Waals surface area contributed by atoms with Crippen molar-refractivity contribution in [3.63, 3.8) is 0 Å².